The highest BCUT2D eigenvalue weighted by Crippen LogP contribution is 2.27. The van der Waals surface area contributed by atoms with E-state index < -0.39 is 0 Å². The monoisotopic (exact) mass is 301 g/mol. The third kappa shape index (κ3) is 3.52. The molecular formula is C16H19N3O3. The van der Waals surface area contributed by atoms with Crippen LogP contribution in [0.4, 0.5) is 5.82 Å². The van der Waals surface area contributed by atoms with E-state index in [1.807, 2.05) is 36.4 Å². The molecule has 0 radical (unpaired) electrons. The molecule has 1 aliphatic rings. The van der Waals surface area contributed by atoms with Gasteiger partial charge in [0.25, 0.3) is 0 Å². The molecule has 1 atom stereocenters. The molecule has 1 aliphatic heterocycles. The maximum Gasteiger partial charge on any atom is 0.148 e. The van der Waals surface area contributed by atoms with Crippen LogP contribution in [0, 0.1) is 0 Å². The zero-order valence-corrected chi connectivity index (χ0v) is 12.5. The van der Waals surface area contributed by atoms with E-state index in [2.05, 4.69) is 15.5 Å². The second kappa shape index (κ2) is 7.20. The smallest absolute Gasteiger partial charge is 0.148 e. The molecule has 2 heterocycles. The largest absolute Gasteiger partial charge is 0.496 e. The van der Waals surface area contributed by atoms with E-state index in [9.17, 15) is 0 Å². The van der Waals surface area contributed by atoms with Crippen molar-refractivity contribution in [1.82, 2.24) is 10.2 Å². The summed E-state index contributed by atoms with van der Waals surface area (Å²) in [5.74, 6) is 1.50. The number of methoxy groups -OCH3 is 1. The van der Waals surface area contributed by atoms with Gasteiger partial charge < -0.3 is 19.5 Å². The van der Waals surface area contributed by atoms with Gasteiger partial charge in [-0.15, -0.1) is 10.2 Å². The Morgan fingerprint density at radius 2 is 2.09 bits per heavy atom. The number of anilines is 1. The fourth-order valence-electron chi connectivity index (χ4n) is 2.30. The van der Waals surface area contributed by atoms with Crippen molar-refractivity contribution in [3.63, 3.8) is 0 Å². The maximum absolute atomic E-state index is 5.57. The van der Waals surface area contributed by atoms with Gasteiger partial charge in [0.05, 0.1) is 38.7 Å². The molecular weight excluding hydrogens is 282 g/mol. The fourth-order valence-corrected chi connectivity index (χ4v) is 2.30. The van der Waals surface area contributed by atoms with Crippen LogP contribution in [0.25, 0.3) is 11.3 Å². The first-order chi connectivity index (χ1) is 10.9. The molecule has 0 aliphatic carbocycles. The normalized spacial score (nSPS) is 18.0. The summed E-state index contributed by atoms with van der Waals surface area (Å²) in [5, 5.41) is 11.7. The van der Waals surface area contributed by atoms with E-state index in [0.717, 1.165) is 17.0 Å². The zero-order valence-electron chi connectivity index (χ0n) is 12.5. The molecule has 1 aromatic carbocycles. The van der Waals surface area contributed by atoms with Gasteiger partial charge in [-0.1, -0.05) is 12.1 Å². The molecule has 0 saturated carbocycles. The Morgan fingerprint density at radius 3 is 2.82 bits per heavy atom. The highest BCUT2D eigenvalue weighted by molar-refractivity contribution is 5.67. The topological polar surface area (TPSA) is 65.5 Å². The van der Waals surface area contributed by atoms with Crippen LogP contribution in [-0.2, 0) is 9.47 Å². The first-order valence-electron chi connectivity index (χ1n) is 7.27. The van der Waals surface area contributed by atoms with Crippen molar-refractivity contribution in [2.75, 3.05) is 38.8 Å². The summed E-state index contributed by atoms with van der Waals surface area (Å²) >= 11 is 0. The minimum Gasteiger partial charge on any atom is -0.496 e. The van der Waals surface area contributed by atoms with Crippen LogP contribution < -0.4 is 10.1 Å². The van der Waals surface area contributed by atoms with Crippen LogP contribution in [0.1, 0.15) is 0 Å². The summed E-state index contributed by atoms with van der Waals surface area (Å²) in [6, 6.07) is 11.6. The first kappa shape index (κ1) is 14.7. The second-order valence-electron chi connectivity index (χ2n) is 4.95. The first-order valence-corrected chi connectivity index (χ1v) is 7.27. The second-order valence-corrected chi connectivity index (χ2v) is 4.95. The standard InChI is InChI=1S/C16H19N3O3/c1-20-15-5-3-2-4-13(15)14-6-7-16(19-18-14)17-10-12-11-21-8-9-22-12/h2-7,12H,8-11H2,1H3,(H,17,19)/t12-/m0/s1. The van der Waals surface area contributed by atoms with Crippen LogP contribution in [0.3, 0.4) is 0 Å². The minimum absolute atomic E-state index is 0.0597. The molecule has 22 heavy (non-hydrogen) atoms. The predicted octanol–water partition coefficient (Wildman–Crippen LogP) is 1.98. The maximum atomic E-state index is 5.57. The van der Waals surface area contributed by atoms with Crippen molar-refractivity contribution in [3.8, 4) is 17.0 Å². The molecule has 6 heteroatoms. The van der Waals surface area contributed by atoms with Gasteiger partial charge in [-0.05, 0) is 24.3 Å². The van der Waals surface area contributed by atoms with Gasteiger partial charge in [-0.3, -0.25) is 0 Å². The lowest BCUT2D eigenvalue weighted by molar-refractivity contribution is -0.0819. The third-order valence-electron chi connectivity index (χ3n) is 3.44. The van der Waals surface area contributed by atoms with Gasteiger partial charge in [0.1, 0.15) is 11.6 Å². The van der Waals surface area contributed by atoms with E-state index >= 15 is 0 Å². The molecule has 3 rings (SSSR count). The Kier molecular flexibility index (Phi) is 4.82. The third-order valence-corrected chi connectivity index (χ3v) is 3.44. The van der Waals surface area contributed by atoms with E-state index in [0.29, 0.717) is 32.2 Å². The summed E-state index contributed by atoms with van der Waals surface area (Å²) < 4.78 is 16.3. The molecule has 1 saturated heterocycles. The van der Waals surface area contributed by atoms with E-state index in [1.54, 1.807) is 7.11 Å². The van der Waals surface area contributed by atoms with Crippen LogP contribution in [0.5, 0.6) is 5.75 Å². The molecule has 0 amide bonds. The average molecular weight is 301 g/mol. The number of ether oxygens (including phenoxy) is 3. The van der Waals surface area contributed by atoms with Gasteiger partial charge in [0, 0.05) is 12.1 Å². The Labute approximate surface area is 129 Å². The number of nitrogens with zero attached hydrogens (tertiary/aromatic N) is 2. The Balaban J connectivity index is 1.64. The molecule has 6 nitrogen and oxygen atoms in total. The SMILES string of the molecule is COc1ccccc1-c1ccc(NC[C@H]2COCCO2)nn1. The molecule has 1 fully saturated rings. The number of benzene rings is 1. The molecule has 1 N–H and O–H groups in total. The summed E-state index contributed by atoms with van der Waals surface area (Å²) in [6.45, 7) is 2.58. The van der Waals surface area contributed by atoms with Crippen molar-refractivity contribution in [3.05, 3.63) is 36.4 Å². The predicted molar refractivity (Wildman–Crippen MR) is 83.1 cm³/mol. The van der Waals surface area contributed by atoms with Gasteiger partial charge in [-0.25, -0.2) is 0 Å². The van der Waals surface area contributed by atoms with Crippen molar-refractivity contribution >= 4 is 5.82 Å². The molecule has 0 unspecified atom stereocenters. The Morgan fingerprint density at radius 1 is 1.18 bits per heavy atom. The van der Waals surface area contributed by atoms with Crippen molar-refractivity contribution in [2.45, 2.75) is 6.10 Å². The molecule has 0 spiro atoms. The van der Waals surface area contributed by atoms with Gasteiger partial charge >= 0.3 is 0 Å². The van der Waals surface area contributed by atoms with Gasteiger partial charge in [-0.2, -0.15) is 0 Å². The lowest BCUT2D eigenvalue weighted by atomic mass is 10.1. The number of para-hydroxylation sites is 1. The lowest BCUT2D eigenvalue weighted by Gasteiger charge is -2.23. The lowest BCUT2D eigenvalue weighted by Crippen LogP contribution is -2.34. The van der Waals surface area contributed by atoms with E-state index in [-0.39, 0.29) is 6.10 Å². The zero-order chi connectivity index (χ0) is 15.2. The van der Waals surface area contributed by atoms with Gasteiger partial charge in [0.2, 0.25) is 0 Å². The fraction of sp³-hybridized carbons (Fsp3) is 0.375. The molecule has 1 aromatic heterocycles. The summed E-state index contributed by atoms with van der Waals surface area (Å²) in [5.41, 5.74) is 1.70. The highest BCUT2D eigenvalue weighted by Gasteiger charge is 2.14. The van der Waals surface area contributed by atoms with Gasteiger partial charge in [0.15, 0.2) is 0 Å². The van der Waals surface area contributed by atoms with Crippen LogP contribution in [0.2, 0.25) is 0 Å². The molecule has 0 bridgehead atoms. The Bertz CT molecular complexity index is 598. The van der Waals surface area contributed by atoms with Crippen LogP contribution >= 0.6 is 0 Å². The number of nitrogens with one attached hydrogen (secondary N) is 1. The van der Waals surface area contributed by atoms with Crippen LogP contribution in [-0.4, -0.2) is 49.8 Å². The molecule has 116 valence electrons. The van der Waals surface area contributed by atoms with E-state index in [4.69, 9.17) is 14.2 Å². The summed E-state index contributed by atoms with van der Waals surface area (Å²) in [4.78, 5) is 0. The molecule has 2 aromatic rings. The number of rotatable bonds is 5. The number of hydrogen-bond acceptors (Lipinski definition) is 6. The number of aromatic nitrogens is 2. The van der Waals surface area contributed by atoms with Crippen molar-refractivity contribution < 1.29 is 14.2 Å². The Hall–Kier alpha value is -2.18. The highest BCUT2D eigenvalue weighted by atomic mass is 16.6. The average Bonchev–Trinajstić information content (AvgIpc) is 2.61. The van der Waals surface area contributed by atoms with E-state index in [1.165, 1.54) is 0 Å². The number of hydrogen-bond donors (Lipinski definition) is 1. The van der Waals surface area contributed by atoms with Crippen molar-refractivity contribution in [1.29, 1.82) is 0 Å². The van der Waals surface area contributed by atoms with Crippen LogP contribution in [0.15, 0.2) is 36.4 Å². The quantitative estimate of drug-likeness (QED) is 0.911. The van der Waals surface area contributed by atoms with Crippen molar-refractivity contribution in [2.24, 2.45) is 0 Å². The summed E-state index contributed by atoms with van der Waals surface area (Å²) in [7, 11) is 1.65. The summed E-state index contributed by atoms with van der Waals surface area (Å²) in [6.07, 6.45) is 0.0597. The minimum atomic E-state index is 0.0597.